The Kier molecular flexibility index (Phi) is 4.68. The molecule has 0 N–H and O–H groups in total. The van der Waals surface area contributed by atoms with Crippen LogP contribution in [-0.2, 0) is 14.3 Å². The molecular weight excluding hydrogens is 145 g/mol. The summed E-state index contributed by atoms with van der Waals surface area (Å²) in [4.78, 5) is 13.9. The van der Waals surface area contributed by atoms with Gasteiger partial charge in [-0.15, -0.1) is 0 Å². The maximum Gasteiger partial charge on any atom is 1.00 e. The molecule has 1 rings (SSSR count). The van der Waals surface area contributed by atoms with Crippen molar-refractivity contribution in [2.75, 3.05) is 13.2 Å². The van der Waals surface area contributed by atoms with E-state index in [-0.39, 0.29) is 37.1 Å². The molecule has 52 valence electrons. The van der Waals surface area contributed by atoms with Crippen LogP contribution in [0.5, 0.6) is 0 Å². The fourth-order valence-corrected chi connectivity index (χ4v) is 0.500. The molecule has 0 unspecified atom stereocenters. The van der Waals surface area contributed by atoms with Crippen molar-refractivity contribution in [3.8, 4) is 0 Å². The van der Waals surface area contributed by atoms with Gasteiger partial charge in [-0.2, -0.15) is 0 Å². The average molecular weight is 153 g/mol. The number of ether oxygens (including phenoxy) is 2. The van der Waals surface area contributed by atoms with Gasteiger partial charge in [0.2, 0.25) is 0 Å². The van der Waals surface area contributed by atoms with Gasteiger partial charge in [-0.1, -0.05) is 0 Å². The topological polar surface area (TPSA) is 47.9 Å². The molecule has 0 aromatic carbocycles. The molecule has 0 radical (unpaired) electrons. The Labute approximate surface area is 82.4 Å². The van der Waals surface area contributed by atoms with Gasteiger partial charge in [-0.25, -0.2) is 4.99 Å². The fourth-order valence-electron chi connectivity index (χ4n) is 0.500. The molecule has 0 bridgehead atoms. The van der Waals surface area contributed by atoms with Crippen LogP contribution in [0.1, 0.15) is 8.35 Å². The van der Waals surface area contributed by atoms with Crippen molar-refractivity contribution in [2.24, 2.45) is 4.99 Å². The summed E-state index contributed by atoms with van der Waals surface area (Å²) in [6.07, 6.45) is 0.0995. The van der Waals surface area contributed by atoms with Crippen molar-refractivity contribution in [3.05, 3.63) is 0 Å². The Balaban J connectivity index is 0. The summed E-state index contributed by atoms with van der Waals surface area (Å²) in [6, 6.07) is 0. The smallest absolute Gasteiger partial charge is 1.00 e. The molecule has 0 spiro atoms. The zero-order valence-electron chi connectivity index (χ0n) is 7.09. The normalized spacial score (nSPS) is 14.7. The van der Waals surface area contributed by atoms with Crippen LogP contribution in [0.25, 0.3) is 0 Å². The maximum absolute atomic E-state index is 10.2. The van der Waals surface area contributed by atoms with Gasteiger partial charge in [0.1, 0.15) is 6.61 Å². The molecule has 0 fully saturated rings. The SMILES string of the molecule is CC(=O)OC1=NCCO1.[H-].[Na+]. The molecular formula is C5H8NNaO3. The summed E-state index contributed by atoms with van der Waals surface area (Å²) in [6.45, 7) is 2.41. The first-order valence-corrected chi connectivity index (χ1v) is 2.65. The third-order valence-electron chi connectivity index (χ3n) is 0.789. The number of nitrogens with zero attached hydrogens (tertiary/aromatic N) is 1. The van der Waals surface area contributed by atoms with Crippen LogP contribution in [0.15, 0.2) is 4.99 Å². The molecule has 0 aromatic heterocycles. The van der Waals surface area contributed by atoms with Crippen molar-refractivity contribution < 1.29 is 45.3 Å². The molecule has 1 aliphatic rings. The van der Waals surface area contributed by atoms with Gasteiger partial charge < -0.3 is 10.9 Å². The van der Waals surface area contributed by atoms with Crippen LogP contribution >= 0.6 is 0 Å². The van der Waals surface area contributed by atoms with Crippen molar-refractivity contribution >= 4 is 12.1 Å². The second-order valence-corrected chi connectivity index (χ2v) is 1.59. The fraction of sp³-hybridized carbons (Fsp3) is 0.600. The van der Waals surface area contributed by atoms with E-state index in [2.05, 4.69) is 9.73 Å². The van der Waals surface area contributed by atoms with E-state index < -0.39 is 5.97 Å². The van der Waals surface area contributed by atoms with Crippen LogP contribution in [-0.4, -0.2) is 25.2 Å². The van der Waals surface area contributed by atoms with E-state index in [9.17, 15) is 4.79 Å². The molecule has 0 atom stereocenters. The molecule has 1 heterocycles. The first-order valence-electron chi connectivity index (χ1n) is 2.65. The molecule has 1 aliphatic heterocycles. The summed E-state index contributed by atoms with van der Waals surface area (Å²) in [5.41, 5.74) is 0. The second kappa shape index (κ2) is 4.71. The van der Waals surface area contributed by atoms with Gasteiger partial charge in [0, 0.05) is 6.92 Å². The number of hydrogen-bond donors (Lipinski definition) is 0. The van der Waals surface area contributed by atoms with Crippen LogP contribution in [0, 0.1) is 0 Å². The standard InChI is InChI=1S/C5H7NO3.Na.H/c1-4(7)9-5-6-2-3-8-5;;/h2-3H2,1H3;;/q;+1;-1. The van der Waals surface area contributed by atoms with Crippen molar-refractivity contribution in [2.45, 2.75) is 6.92 Å². The Morgan fingerprint density at radius 2 is 2.60 bits per heavy atom. The Bertz CT molecular complexity index is 162. The summed E-state index contributed by atoms with van der Waals surface area (Å²) < 4.78 is 9.27. The summed E-state index contributed by atoms with van der Waals surface area (Å²) in [5.74, 6) is -0.393. The molecule has 0 saturated heterocycles. The van der Waals surface area contributed by atoms with E-state index >= 15 is 0 Å². The first-order chi connectivity index (χ1) is 4.29. The number of aliphatic imine (C=N–C) groups is 1. The van der Waals surface area contributed by atoms with E-state index in [0.29, 0.717) is 13.2 Å². The third-order valence-corrected chi connectivity index (χ3v) is 0.789. The van der Waals surface area contributed by atoms with E-state index in [1.54, 1.807) is 0 Å². The van der Waals surface area contributed by atoms with Crippen LogP contribution in [0.3, 0.4) is 0 Å². The first kappa shape index (κ1) is 9.94. The number of esters is 1. The zero-order valence-corrected chi connectivity index (χ0v) is 8.09. The molecule has 0 aliphatic carbocycles. The van der Waals surface area contributed by atoms with Crippen LogP contribution < -0.4 is 29.6 Å². The van der Waals surface area contributed by atoms with Gasteiger partial charge in [0.05, 0.1) is 6.54 Å². The summed E-state index contributed by atoms with van der Waals surface area (Å²) >= 11 is 0. The molecule has 0 amide bonds. The average Bonchev–Trinajstić information content (AvgIpc) is 2.15. The van der Waals surface area contributed by atoms with Crippen molar-refractivity contribution in [1.82, 2.24) is 0 Å². The van der Waals surface area contributed by atoms with E-state index in [4.69, 9.17) is 4.74 Å². The molecule has 4 nitrogen and oxygen atoms in total. The van der Waals surface area contributed by atoms with Gasteiger partial charge >= 0.3 is 41.6 Å². The molecule has 0 aromatic rings. The zero-order chi connectivity index (χ0) is 6.69. The van der Waals surface area contributed by atoms with E-state index in [1.165, 1.54) is 6.92 Å². The minimum atomic E-state index is -0.393. The van der Waals surface area contributed by atoms with E-state index in [0.717, 1.165) is 0 Å². The number of hydrogen-bond acceptors (Lipinski definition) is 4. The van der Waals surface area contributed by atoms with E-state index in [1.807, 2.05) is 0 Å². The molecule has 10 heavy (non-hydrogen) atoms. The van der Waals surface area contributed by atoms with Gasteiger partial charge in [-0.3, -0.25) is 4.79 Å². The number of carbonyl (C=O) groups excluding carboxylic acids is 1. The second-order valence-electron chi connectivity index (χ2n) is 1.59. The van der Waals surface area contributed by atoms with Crippen molar-refractivity contribution in [1.29, 1.82) is 0 Å². The largest absolute Gasteiger partial charge is 1.00 e. The Hall–Kier alpha value is -0.0600. The Morgan fingerprint density at radius 3 is 3.00 bits per heavy atom. The summed E-state index contributed by atoms with van der Waals surface area (Å²) in [7, 11) is 0. The number of rotatable bonds is 0. The Morgan fingerprint density at radius 1 is 1.90 bits per heavy atom. The van der Waals surface area contributed by atoms with Gasteiger partial charge in [0.25, 0.3) is 0 Å². The molecule has 0 saturated carbocycles. The third kappa shape index (κ3) is 3.20. The predicted molar refractivity (Wildman–Crippen MR) is 31.1 cm³/mol. The minimum absolute atomic E-state index is 0. The quantitative estimate of drug-likeness (QED) is 0.276. The van der Waals surface area contributed by atoms with Crippen LogP contribution in [0.2, 0.25) is 0 Å². The number of carbonyl (C=O) groups is 1. The minimum Gasteiger partial charge on any atom is -1.00 e. The monoisotopic (exact) mass is 153 g/mol. The summed E-state index contributed by atoms with van der Waals surface area (Å²) in [5, 5.41) is 0. The van der Waals surface area contributed by atoms with Gasteiger partial charge in [0.15, 0.2) is 0 Å². The molecule has 5 heteroatoms. The predicted octanol–water partition coefficient (Wildman–Crippen LogP) is -2.95. The van der Waals surface area contributed by atoms with Crippen molar-refractivity contribution in [3.63, 3.8) is 0 Å². The van der Waals surface area contributed by atoms with Crippen LogP contribution in [0.4, 0.5) is 0 Å². The van der Waals surface area contributed by atoms with Gasteiger partial charge in [-0.05, 0) is 0 Å². The maximum atomic E-state index is 10.2.